The minimum absolute atomic E-state index is 0.0756. The number of nitro groups is 1. The first kappa shape index (κ1) is 16.1. The number of aromatic nitrogens is 1. The second-order valence-corrected chi connectivity index (χ2v) is 5.52. The number of nitro benzene ring substituents is 1. The van der Waals surface area contributed by atoms with Crippen LogP contribution in [0.15, 0.2) is 54.1 Å². The molecule has 1 aromatic heterocycles. The summed E-state index contributed by atoms with van der Waals surface area (Å²) in [5, 5.41) is 21.2. The number of benzene rings is 2. The molecule has 0 saturated heterocycles. The van der Waals surface area contributed by atoms with Gasteiger partial charge in [-0.3, -0.25) is 14.9 Å². The molecule has 0 atom stereocenters. The fourth-order valence-corrected chi connectivity index (χ4v) is 2.69. The van der Waals surface area contributed by atoms with E-state index in [1.54, 1.807) is 0 Å². The maximum atomic E-state index is 12.6. The molecule has 3 aromatic rings. The highest BCUT2D eigenvalue weighted by Gasteiger charge is 2.17. The number of allylic oxidation sites excluding steroid dienone is 1. The van der Waals surface area contributed by atoms with E-state index >= 15 is 0 Å². The zero-order valence-electron chi connectivity index (χ0n) is 13.3. The molecular weight excluding hydrogens is 318 g/mol. The average Bonchev–Trinajstić information content (AvgIpc) is 2.94. The first-order valence-corrected chi connectivity index (χ1v) is 7.49. The fraction of sp³-hybridized carbons (Fsp3) is 0.0526. The number of hydrogen-bond acceptors (Lipinski definition) is 4. The van der Waals surface area contributed by atoms with E-state index in [0.717, 1.165) is 22.2 Å². The fourth-order valence-electron chi connectivity index (χ4n) is 2.69. The minimum atomic E-state index is -0.573. The Balaban J connectivity index is 2.08. The first-order chi connectivity index (χ1) is 12.0. The number of non-ortho nitro benzene ring substituents is 1. The molecule has 25 heavy (non-hydrogen) atoms. The number of Topliss-reactive ketones (excluding diaryl/α,β-unsaturated/α-hetero) is 1. The van der Waals surface area contributed by atoms with Gasteiger partial charge in [0.2, 0.25) is 5.78 Å². The van der Waals surface area contributed by atoms with Gasteiger partial charge in [-0.1, -0.05) is 30.3 Å². The quantitative estimate of drug-likeness (QED) is 0.255. The molecule has 1 heterocycles. The second-order valence-electron chi connectivity index (χ2n) is 5.52. The number of nitrogens with one attached hydrogen (secondary N) is 1. The molecule has 0 aliphatic carbocycles. The van der Waals surface area contributed by atoms with Gasteiger partial charge in [0.25, 0.3) is 5.69 Å². The molecule has 6 heteroatoms. The monoisotopic (exact) mass is 331 g/mol. The summed E-state index contributed by atoms with van der Waals surface area (Å²) < 4.78 is 0. The summed E-state index contributed by atoms with van der Waals surface area (Å²) in [5.74, 6) is -0.545. The van der Waals surface area contributed by atoms with Gasteiger partial charge >= 0.3 is 0 Å². The normalized spacial score (nSPS) is 11.3. The largest absolute Gasteiger partial charge is 0.358 e. The molecule has 2 aromatic carbocycles. The van der Waals surface area contributed by atoms with Crippen molar-refractivity contribution in [3.63, 3.8) is 0 Å². The Morgan fingerprint density at radius 1 is 1.24 bits per heavy atom. The Morgan fingerprint density at radius 3 is 2.72 bits per heavy atom. The van der Waals surface area contributed by atoms with Crippen LogP contribution in [0.3, 0.4) is 0 Å². The summed E-state index contributed by atoms with van der Waals surface area (Å²) in [5.41, 5.74) is 2.34. The number of aryl methyl sites for hydroxylation is 1. The van der Waals surface area contributed by atoms with E-state index in [0.29, 0.717) is 0 Å². The van der Waals surface area contributed by atoms with Crippen LogP contribution < -0.4 is 0 Å². The number of rotatable bonds is 4. The van der Waals surface area contributed by atoms with Crippen LogP contribution in [-0.4, -0.2) is 15.7 Å². The van der Waals surface area contributed by atoms with Crippen molar-refractivity contribution in [2.45, 2.75) is 6.92 Å². The highest BCUT2D eigenvalue weighted by molar-refractivity contribution is 6.15. The molecule has 0 fully saturated rings. The number of carbonyl (C=O) groups is 1. The van der Waals surface area contributed by atoms with E-state index in [-0.39, 0.29) is 16.8 Å². The highest BCUT2D eigenvalue weighted by Crippen LogP contribution is 2.25. The van der Waals surface area contributed by atoms with Crippen molar-refractivity contribution in [1.82, 2.24) is 4.98 Å². The van der Waals surface area contributed by atoms with Crippen molar-refractivity contribution in [2.75, 3.05) is 0 Å². The van der Waals surface area contributed by atoms with Gasteiger partial charge in [0, 0.05) is 39.9 Å². The number of para-hydroxylation sites is 1. The predicted molar refractivity (Wildman–Crippen MR) is 94.1 cm³/mol. The number of ketones is 1. The predicted octanol–water partition coefficient (Wildman–Crippen LogP) is 4.17. The highest BCUT2D eigenvalue weighted by atomic mass is 16.6. The zero-order chi connectivity index (χ0) is 18.0. The Labute approximate surface area is 143 Å². The van der Waals surface area contributed by atoms with Gasteiger partial charge in [-0.25, -0.2) is 0 Å². The third-order valence-electron chi connectivity index (χ3n) is 3.92. The molecule has 6 nitrogen and oxygen atoms in total. The number of fused-ring (bicyclic) bond motifs is 1. The van der Waals surface area contributed by atoms with Crippen LogP contribution in [0.2, 0.25) is 0 Å². The van der Waals surface area contributed by atoms with E-state index in [4.69, 9.17) is 0 Å². The van der Waals surface area contributed by atoms with Gasteiger partial charge in [-0.2, -0.15) is 5.26 Å². The smallest absolute Gasteiger partial charge is 0.270 e. The Kier molecular flexibility index (Phi) is 4.14. The average molecular weight is 331 g/mol. The summed E-state index contributed by atoms with van der Waals surface area (Å²) in [6.45, 7) is 1.86. The van der Waals surface area contributed by atoms with Crippen LogP contribution in [0, 0.1) is 28.4 Å². The SMILES string of the molecule is Cc1[nH]c2ccccc2c1/C=C(\C#N)C(=O)c1cccc([N+](=O)[O-])c1. The van der Waals surface area contributed by atoms with Gasteiger partial charge in [0.15, 0.2) is 0 Å². The summed E-state index contributed by atoms with van der Waals surface area (Å²) in [6.07, 6.45) is 1.52. The third-order valence-corrected chi connectivity index (χ3v) is 3.92. The Hall–Kier alpha value is -3.72. The van der Waals surface area contributed by atoms with Gasteiger partial charge in [-0.15, -0.1) is 0 Å². The van der Waals surface area contributed by atoms with Crippen LogP contribution in [0.5, 0.6) is 0 Å². The van der Waals surface area contributed by atoms with Gasteiger partial charge in [0.05, 0.1) is 4.92 Å². The number of nitriles is 1. The maximum absolute atomic E-state index is 12.6. The zero-order valence-corrected chi connectivity index (χ0v) is 13.3. The molecule has 0 spiro atoms. The molecule has 122 valence electrons. The number of nitrogens with zero attached hydrogens (tertiary/aromatic N) is 2. The topological polar surface area (TPSA) is 99.8 Å². The van der Waals surface area contributed by atoms with E-state index in [1.165, 1.54) is 30.3 Å². The second kappa shape index (κ2) is 6.42. The molecule has 1 N–H and O–H groups in total. The van der Waals surface area contributed by atoms with E-state index in [1.807, 2.05) is 37.3 Å². The van der Waals surface area contributed by atoms with Gasteiger partial charge in [-0.05, 0) is 19.1 Å². The Bertz CT molecular complexity index is 1070. The molecule has 0 aliphatic rings. The lowest BCUT2D eigenvalue weighted by Gasteiger charge is -2.01. The van der Waals surface area contributed by atoms with Crippen LogP contribution in [0.4, 0.5) is 5.69 Å². The molecule has 0 bridgehead atoms. The molecule has 0 saturated carbocycles. The van der Waals surface area contributed by atoms with Gasteiger partial charge < -0.3 is 4.98 Å². The lowest BCUT2D eigenvalue weighted by atomic mass is 10.0. The number of hydrogen-bond donors (Lipinski definition) is 1. The van der Waals surface area contributed by atoms with Crippen molar-refractivity contribution < 1.29 is 9.72 Å². The summed E-state index contributed by atoms with van der Waals surface area (Å²) >= 11 is 0. The van der Waals surface area contributed by atoms with Gasteiger partial charge in [0.1, 0.15) is 11.6 Å². The molecule has 0 aliphatic heterocycles. The van der Waals surface area contributed by atoms with Crippen LogP contribution in [0.1, 0.15) is 21.6 Å². The van der Waals surface area contributed by atoms with E-state index < -0.39 is 10.7 Å². The minimum Gasteiger partial charge on any atom is -0.358 e. The summed E-state index contributed by atoms with van der Waals surface area (Å²) in [6, 6.07) is 14.9. The molecular formula is C19H13N3O3. The lowest BCUT2D eigenvalue weighted by Crippen LogP contribution is -2.03. The van der Waals surface area contributed by atoms with Crippen molar-refractivity contribution in [3.05, 3.63) is 81.0 Å². The third kappa shape index (κ3) is 3.03. The number of carbonyl (C=O) groups excluding carboxylic acids is 1. The van der Waals surface area contributed by atoms with Crippen LogP contribution in [-0.2, 0) is 0 Å². The number of aromatic amines is 1. The number of H-pyrrole nitrogens is 1. The molecule has 0 radical (unpaired) electrons. The van der Waals surface area contributed by atoms with Crippen LogP contribution in [0.25, 0.3) is 17.0 Å². The van der Waals surface area contributed by atoms with Crippen molar-refractivity contribution in [2.24, 2.45) is 0 Å². The van der Waals surface area contributed by atoms with Crippen molar-refractivity contribution >= 4 is 28.4 Å². The van der Waals surface area contributed by atoms with E-state index in [9.17, 15) is 20.2 Å². The maximum Gasteiger partial charge on any atom is 0.270 e. The first-order valence-electron chi connectivity index (χ1n) is 7.49. The molecule has 0 amide bonds. The van der Waals surface area contributed by atoms with Crippen LogP contribution >= 0.6 is 0 Å². The summed E-state index contributed by atoms with van der Waals surface area (Å²) in [7, 11) is 0. The van der Waals surface area contributed by atoms with Crippen molar-refractivity contribution in [1.29, 1.82) is 5.26 Å². The van der Waals surface area contributed by atoms with E-state index in [2.05, 4.69) is 4.98 Å². The lowest BCUT2D eigenvalue weighted by molar-refractivity contribution is -0.384. The molecule has 3 rings (SSSR count). The molecule has 0 unspecified atom stereocenters. The summed E-state index contributed by atoms with van der Waals surface area (Å²) in [4.78, 5) is 26.1. The standard InChI is InChI=1S/C19H13N3O3/c1-12-17(16-7-2-3-8-18(16)21-12)10-14(11-20)19(23)13-5-4-6-15(9-13)22(24)25/h2-10,21H,1H3/b14-10+. The van der Waals surface area contributed by atoms with Crippen molar-refractivity contribution in [3.8, 4) is 6.07 Å². The Morgan fingerprint density at radius 2 is 2.00 bits per heavy atom.